The Labute approximate surface area is 418 Å². The van der Waals surface area contributed by atoms with Crippen LogP contribution < -0.4 is 9.80 Å². The van der Waals surface area contributed by atoms with Gasteiger partial charge in [-0.05, 0) is 120 Å². The minimum atomic E-state index is -4.25. The molecule has 2 aliphatic heterocycles. The van der Waals surface area contributed by atoms with Gasteiger partial charge in [0.05, 0.1) is 34.3 Å². The third kappa shape index (κ3) is 10.3. The Bertz CT molecular complexity index is 2940. The summed E-state index contributed by atoms with van der Waals surface area (Å²) >= 11 is 26.6. The second kappa shape index (κ2) is 20.2. The lowest BCUT2D eigenvalue weighted by molar-refractivity contribution is 0.380. The molecule has 4 aromatic carbocycles. The third-order valence-corrected chi connectivity index (χ3v) is 19.7. The normalized spacial score (nSPS) is 15.4. The number of hydrogen-bond donors (Lipinski definition) is 0. The number of sulfonamides is 2. The monoisotopic (exact) mass is 1250 g/mol. The van der Waals surface area contributed by atoms with Crippen molar-refractivity contribution < 1.29 is 34.4 Å². The van der Waals surface area contributed by atoms with Gasteiger partial charge in [0.2, 0.25) is 20.0 Å². The van der Waals surface area contributed by atoms with Gasteiger partial charge in [-0.25, -0.2) is 44.4 Å². The Morgan fingerprint density at radius 3 is 1.47 bits per heavy atom. The van der Waals surface area contributed by atoms with Gasteiger partial charge in [0, 0.05) is 79.3 Å². The number of aryl methyl sites for hydroxylation is 2. The maximum atomic E-state index is 14.6. The van der Waals surface area contributed by atoms with Crippen molar-refractivity contribution in [1.82, 2.24) is 18.6 Å². The van der Waals surface area contributed by atoms with Crippen LogP contribution in [0, 0.1) is 37.1 Å². The van der Waals surface area contributed by atoms with Crippen LogP contribution in [0.2, 0.25) is 10.0 Å². The first-order valence-corrected chi connectivity index (χ1v) is 27.4. The third-order valence-electron chi connectivity index (χ3n) is 10.2. The summed E-state index contributed by atoms with van der Waals surface area (Å²) < 4.78 is 110. The van der Waals surface area contributed by atoms with Crippen LogP contribution in [0.25, 0.3) is 22.5 Å². The number of anilines is 2. The lowest BCUT2D eigenvalue weighted by Gasteiger charge is -2.34. The average Bonchev–Trinajstić information content (AvgIpc) is 3.95. The number of benzene rings is 4. The van der Waals surface area contributed by atoms with Gasteiger partial charge < -0.3 is 9.80 Å². The van der Waals surface area contributed by atoms with E-state index in [0.29, 0.717) is 47.0 Å². The number of halogens is 10. The van der Waals surface area contributed by atoms with E-state index in [0.717, 1.165) is 49.5 Å². The van der Waals surface area contributed by atoms with Gasteiger partial charge >= 0.3 is 0 Å². The predicted octanol–water partition coefficient (Wildman–Crippen LogP) is 12.2. The molecular weight excluding hydrogens is 1220 g/mol. The van der Waals surface area contributed by atoms with Crippen LogP contribution in [0.3, 0.4) is 0 Å². The molecule has 0 aliphatic carbocycles. The van der Waals surface area contributed by atoms with Crippen LogP contribution in [0.15, 0.2) is 87.0 Å². The molecule has 0 unspecified atom stereocenters. The smallest absolute Gasteiger partial charge is 0.247 e. The summed E-state index contributed by atoms with van der Waals surface area (Å²) in [5.41, 5.74) is 5.69. The maximum absolute atomic E-state index is 14.6. The number of piperazine rings is 2. The summed E-state index contributed by atoms with van der Waals surface area (Å²) in [7, 11) is -8.48. The highest BCUT2D eigenvalue weighted by Crippen LogP contribution is 2.39. The molecule has 340 valence electrons. The highest BCUT2D eigenvalue weighted by molar-refractivity contribution is 9.11. The Hall–Kier alpha value is -2.22. The molecule has 2 aromatic heterocycles. The highest BCUT2D eigenvalue weighted by Gasteiger charge is 2.37. The van der Waals surface area contributed by atoms with Gasteiger partial charge in [-0.1, -0.05) is 40.9 Å². The van der Waals surface area contributed by atoms with Gasteiger partial charge in [-0.3, -0.25) is 0 Å². The van der Waals surface area contributed by atoms with Crippen molar-refractivity contribution in [2.45, 2.75) is 23.6 Å². The second-order valence-electron chi connectivity index (χ2n) is 14.4. The van der Waals surface area contributed by atoms with E-state index in [2.05, 4.69) is 86.9 Å². The first-order chi connectivity index (χ1) is 30.2. The fourth-order valence-corrected chi connectivity index (χ4v) is 15.1. The highest BCUT2D eigenvalue weighted by atomic mass is 79.9. The molecule has 0 N–H and O–H groups in total. The molecule has 0 bridgehead atoms. The molecule has 0 atom stereocenters. The van der Waals surface area contributed by atoms with Crippen molar-refractivity contribution in [3.63, 3.8) is 0 Å². The zero-order valence-electron chi connectivity index (χ0n) is 33.2. The van der Waals surface area contributed by atoms with Crippen LogP contribution >= 0.6 is 110 Å². The molecule has 0 saturated carbocycles. The first kappa shape index (κ1) is 49.7. The van der Waals surface area contributed by atoms with Crippen LogP contribution in [0.1, 0.15) is 11.1 Å². The molecule has 24 heteroatoms. The number of aromatic nitrogens is 2. The summed E-state index contributed by atoms with van der Waals surface area (Å²) in [5.74, 6) is -3.77. The Balaban J connectivity index is 0.000000191. The quantitative estimate of drug-likeness (QED) is 0.110. The first-order valence-electron chi connectivity index (χ1n) is 18.8. The van der Waals surface area contributed by atoms with Crippen molar-refractivity contribution in [3.8, 4) is 22.5 Å². The SMILES string of the molecule is Cc1ccc(C)c(-c2csc(N3CCN(S(=O)(=O)c4c(F)c(Br)cc(F)c4Br)CC3)n2)c1.O=S(=O)(c1c(F)c(Br)cc(F)c1Br)N1CCN(c2nc(-c3ccc(Cl)cc3Cl)cs2)CC1. The lowest BCUT2D eigenvalue weighted by Crippen LogP contribution is -2.49. The summed E-state index contributed by atoms with van der Waals surface area (Å²) in [6, 6.07) is 13.2. The molecule has 2 saturated heterocycles. The lowest BCUT2D eigenvalue weighted by atomic mass is 10.0. The minimum Gasteiger partial charge on any atom is -0.345 e. The molecule has 2 aliphatic rings. The van der Waals surface area contributed by atoms with Crippen LogP contribution in [-0.2, 0) is 20.0 Å². The Morgan fingerprint density at radius 2 is 1.03 bits per heavy atom. The van der Waals surface area contributed by atoms with E-state index in [4.69, 9.17) is 28.2 Å². The van der Waals surface area contributed by atoms with Crippen molar-refractivity contribution in [2.24, 2.45) is 0 Å². The maximum Gasteiger partial charge on any atom is 0.247 e. The number of hydrogen-bond acceptors (Lipinski definition) is 10. The molecule has 0 amide bonds. The predicted molar refractivity (Wildman–Crippen MR) is 260 cm³/mol. The van der Waals surface area contributed by atoms with Crippen molar-refractivity contribution in [2.75, 3.05) is 62.2 Å². The van der Waals surface area contributed by atoms with Crippen molar-refractivity contribution in [1.29, 1.82) is 0 Å². The molecule has 4 heterocycles. The fraction of sp³-hybridized carbons (Fsp3) is 0.250. The van der Waals surface area contributed by atoms with E-state index in [1.165, 1.54) is 27.0 Å². The van der Waals surface area contributed by atoms with Gasteiger partial charge in [0.25, 0.3) is 0 Å². The zero-order chi connectivity index (χ0) is 46.4. The molecular formula is C40H32Br4Cl2F4N6O4S4. The number of thiazole rings is 2. The molecule has 0 radical (unpaired) electrons. The zero-order valence-corrected chi connectivity index (χ0v) is 44.3. The topological polar surface area (TPSA) is 107 Å². The largest absolute Gasteiger partial charge is 0.345 e. The van der Waals surface area contributed by atoms with Gasteiger partial charge in [0.15, 0.2) is 21.9 Å². The summed E-state index contributed by atoms with van der Waals surface area (Å²) in [6.45, 7) is 6.03. The van der Waals surface area contributed by atoms with E-state index in [9.17, 15) is 34.4 Å². The fourth-order valence-electron chi connectivity index (χ4n) is 6.83. The van der Waals surface area contributed by atoms with E-state index >= 15 is 0 Å². The Morgan fingerprint density at radius 1 is 0.594 bits per heavy atom. The van der Waals surface area contributed by atoms with Gasteiger partial charge in [0.1, 0.15) is 21.4 Å². The minimum absolute atomic E-state index is 0.0962. The standard InChI is InChI=1S/C21H19Br2F2N3O2S2.C19H13Br2Cl2F2N3O2S2/c1-12-3-4-13(2)14(9-12)17-11-31-21(26-17)27-5-7-28(8-6-27)32(29,30)20-18(23)16(24)10-15(22)19(20)25;20-12-8-14(24)16(21)18(17(12)25)32(29,30)28-5-3-27(4-6-28)19-26-15(9-31-19)11-2-1-10(22)7-13(11)23/h3-4,9-11H,5-8H2,1-2H3;1-2,7-9H,3-6H2. The summed E-state index contributed by atoms with van der Waals surface area (Å²) in [4.78, 5) is 11.9. The average molecular weight is 1260 g/mol. The van der Waals surface area contributed by atoms with Gasteiger partial charge in [-0.2, -0.15) is 8.61 Å². The molecule has 10 nitrogen and oxygen atoms in total. The summed E-state index contributed by atoms with van der Waals surface area (Å²) in [6.07, 6.45) is 0. The number of rotatable bonds is 8. The van der Waals surface area contributed by atoms with Crippen molar-refractivity contribution >= 4 is 140 Å². The van der Waals surface area contributed by atoms with Crippen LogP contribution in [0.4, 0.5) is 27.8 Å². The Kier molecular flexibility index (Phi) is 15.7. The molecule has 2 fully saturated rings. The van der Waals surface area contributed by atoms with Gasteiger partial charge in [-0.15, -0.1) is 22.7 Å². The van der Waals surface area contributed by atoms with E-state index < -0.39 is 62.1 Å². The van der Waals surface area contributed by atoms with E-state index in [1.807, 2.05) is 34.4 Å². The van der Waals surface area contributed by atoms with E-state index in [-0.39, 0.29) is 35.1 Å². The molecule has 0 spiro atoms. The van der Waals surface area contributed by atoms with Crippen molar-refractivity contribution in [3.05, 3.63) is 122 Å². The number of nitrogens with zero attached hydrogens (tertiary/aromatic N) is 6. The molecule has 8 rings (SSSR count). The molecule has 6 aromatic rings. The molecule has 64 heavy (non-hydrogen) atoms. The van der Waals surface area contributed by atoms with Crippen LogP contribution in [-0.4, -0.2) is 87.8 Å². The van der Waals surface area contributed by atoms with E-state index in [1.54, 1.807) is 18.2 Å². The van der Waals surface area contributed by atoms with Crippen LogP contribution in [0.5, 0.6) is 0 Å². The summed E-state index contributed by atoms with van der Waals surface area (Å²) in [5, 5.41) is 6.39. The second-order valence-corrected chi connectivity index (χ2v) is 23.9.